The van der Waals surface area contributed by atoms with Crippen molar-refractivity contribution >= 4 is 33.3 Å². The van der Waals surface area contributed by atoms with Crippen LogP contribution in [0.2, 0.25) is 0 Å². The number of halogens is 1. The number of thiophene rings is 1. The molecule has 0 unspecified atom stereocenters. The summed E-state index contributed by atoms with van der Waals surface area (Å²) in [4.78, 5) is 5.17. The molecule has 0 aliphatic carbocycles. The lowest BCUT2D eigenvalue weighted by molar-refractivity contribution is 0.433. The molecule has 0 spiro atoms. The summed E-state index contributed by atoms with van der Waals surface area (Å²) in [5.41, 5.74) is 0. The molecule has 6 heteroatoms. The molecule has 74 valence electrons. The SMILES string of the molecule is CCNc1nc(-c2cc(Br)cs2)no1. The highest BCUT2D eigenvalue weighted by Crippen LogP contribution is 2.28. The number of rotatable bonds is 3. The van der Waals surface area contributed by atoms with E-state index < -0.39 is 0 Å². The molecule has 1 N–H and O–H groups in total. The van der Waals surface area contributed by atoms with E-state index in [4.69, 9.17) is 4.52 Å². The maximum atomic E-state index is 4.99. The molecule has 0 saturated carbocycles. The van der Waals surface area contributed by atoms with E-state index in [2.05, 4.69) is 31.4 Å². The Balaban J connectivity index is 2.24. The lowest BCUT2D eigenvalue weighted by Crippen LogP contribution is -1.95. The molecule has 2 aromatic heterocycles. The second-order valence-electron chi connectivity index (χ2n) is 2.58. The van der Waals surface area contributed by atoms with Crippen molar-refractivity contribution in [2.24, 2.45) is 0 Å². The van der Waals surface area contributed by atoms with Crippen molar-refractivity contribution in [2.45, 2.75) is 6.92 Å². The Kier molecular flexibility index (Phi) is 2.83. The Morgan fingerprint density at radius 1 is 1.64 bits per heavy atom. The van der Waals surface area contributed by atoms with Gasteiger partial charge in [-0.1, -0.05) is 5.16 Å². The fourth-order valence-corrected chi connectivity index (χ4v) is 2.33. The summed E-state index contributed by atoms with van der Waals surface area (Å²) in [6.45, 7) is 2.75. The van der Waals surface area contributed by atoms with Crippen LogP contribution in [0.15, 0.2) is 20.4 Å². The van der Waals surface area contributed by atoms with Crippen LogP contribution in [0.4, 0.5) is 6.01 Å². The highest BCUT2D eigenvalue weighted by molar-refractivity contribution is 9.10. The second-order valence-corrected chi connectivity index (χ2v) is 4.41. The first-order chi connectivity index (χ1) is 6.79. The van der Waals surface area contributed by atoms with Crippen LogP contribution in [0.25, 0.3) is 10.7 Å². The molecule has 0 aliphatic rings. The maximum absolute atomic E-state index is 4.99. The minimum absolute atomic E-state index is 0.465. The van der Waals surface area contributed by atoms with Crippen molar-refractivity contribution in [1.82, 2.24) is 10.1 Å². The molecular weight excluding hydrogens is 266 g/mol. The minimum Gasteiger partial charge on any atom is -0.338 e. The van der Waals surface area contributed by atoms with E-state index in [9.17, 15) is 0 Å². The largest absolute Gasteiger partial charge is 0.338 e. The average molecular weight is 274 g/mol. The monoisotopic (exact) mass is 273 g/mol. The standard InChI is InChI=1S/C8H8BrN3OS/c1-2-10-8-11-7(12-13-8)6-3-5(9)4-14-6/h3-4H,2H2,1H3,(H,10,11,12). The molecular formula is C8H8BrN3OS. The van der Waals surface area contributed by atoms with Crippen molar-refractivity contribution < 1.29 is 4.52 Å². The number of nitrogens with one attached hydrogen (secondary N) is 1. The van der Waals surface area contributed by atoms with Crippen LogP contribution in [0.5, 0.6) is 0 Å². The zero-order chi connectivity index (χ0) is 9.97. The van der Waals surface area contributed by atoms with Crippen LogP contribution in [0.1, 0.15) is 6.92 Å². The van der Waals surface area contributed by atoms with Crippen LogP contribution in [0, 0.1) is 0 Å². The first-order valence-electron chi connectivity index (χ1n) is 4.11. The molecule has 14 heavy (non-hydrogen) atoms. The molecule has 0 aromatic carbocycles. The fourth-order valence-electron chi connectivity index (χ4n) is 0.977. The zero-order valence-corrected chi connectivity index (χ0v) is 9.85. The van der Waals surface area contributed by atoms with Crippen molar-refractivity contribution in [3.8, 4) is 10.7 Å². The van der Waals surface area contributed by atoms with E-state index >= 15 is 0 Å². The fraction of sp³-hybridized carbons (Fsp3) is 0.250. The molecule has 0 fully saturated rings. The molecule has 0 saturated heterocycles. The Hall–Kier alpha value is -0.880. The molecule has 0 radical (unpaired) electrons. The van der Waals surface area contributed by atoms with Gasteiger partial charge in [0.25, 0.3) is 0 Å². The highest BCUT2D eigenvalue weighted by atomic mass is 79.9. The molecule has 2 aromatic rings. The van der Waals surface area contributed by atoms with Gasteiger partial charge in [-0.15, -0.1) is 11.3 Å². The third-order valence-corrected chi connectivity index (χ3v) is 3.23. The Labute approximate surface area is 93.5 Å². The van der Waals surface area contributed by atoms with Gasteiger partial charge < -0.3 is 9.84 Å². The summed E-state index contributed by atoms with van der Waals surface area (Å²) in [6, 6.07) is 2.43. The molecule has 0 atom stereocenters. The lowest BCUT2D eigenvalue weighted by atomic mass is 10.4. The summed E-state index contributed by atoms with van der Waals surface area (Å²) in [5.74, 6) is 0.622. The number of hydrogen-bond acceptors (Lipinski definition) is 5. The van der Waals surface area contributed by atoms with Crippen LogP contribution in [0.3, 0.4) is 0 Å². The van der Waals surface area contributed by atoms with Crippen LogP contribution >= 0.6 is 27.3 Å². The van der Waals surface area contributed by atoms with Crippen molar-refractivity contribution in [3.63, 3.8) is 0 Å². The summed E-state index contributed by atoms with van der Waals surface area (Å²) in [5, 5.41) is 8.80. The van der Waals surface area contributed by atoms with Gasteiger partial charge in [0.1, 0.15) is 0 Å². The molecule has 4 nitrogen and oxygen atoms in total. The van der Waals surface area contributed by atoms with Gasteiger partial charge >= 0.3 is 6.01 Å². The van der Waals surface area contributed by atoms with Gasteiger partial charge in [-0.3, -0.25) is 0 Å². The van der Waals surface area contributed by atoms with E-state index in [-0.39, 0.29) is 0 Å². The topological polar surface area (TPSA) is 51.0 Å². The molecule has 2 rings (SSSR count). The van der Waals surface area contributed by atoms with Gasteiger partial charge in [-0.05, 0) is 28.9 Å². The third kappa shape index (κ3) is 1.96. The smallest absolute Gasteiger partial charge is 0.321 e. The van der Waals surface area contributed by atoms with E-state index in [1.54, 1.807) is 11.3 Å². The zero-order valence-electron chi connectivity index (χ0n) is 7.45. The number of hydrogen-bond donors (Lipinski definition) is 1. The number of anilines is 1. The normalized spacial score (nSPS) is 10.4. The van der Waals surface area contributed by atoms with Gasteiger partial charge in [-0.25, -0.2) is 0 Å². The quantitative estimate of drug-likeness (QED) is 0.934. The van der Waals surface area contributed by atoms with Crippen LogP contribution in [-0.4, -0.2) is 16.7 Å². The summed E-state index contributed by atoms with van der Waals surface area (Å²) < 4.78 is 6.02. The van der Waals surface area contributed by atoms with Gasteiger partial charge in [-0.2, -0.15) is 4.98 Å². The predicted molar refractivity (Wildman–Crippen MR) is 59.5 cm³/mol. The molecule has 2 heterocycles. The van der Waals surface area contributed by atoms with E-state index in [1.807, 2.05) is 18.4 Å². The van der Waals surface area contributed by atoms with Crippen molar-refractivity contribution in [3.05, 3.63) is 15.9 Å². The number of aromatic nitrogens is 2. The summed E-state index contributed by atoms with van der Waals surface area (Å²) >= 11 is 4.95. The average Bonchev–Trinajstić information content (AvgIpc) is 2.74. The lowest BCUT2D eigenvalue weighted by Gasteiger charge is -1.89. The highest BCUT2D eigenvalue weighted by Gasteiger charge is 2.09. The summed E-state index contributed by atoms with van der Waals surface area (Å²) in [7, 11) is 0. The summed E-state index contributed by atoms with van der Waals surface area (Å²) in [6.07, 6.45) is 0. The van der Waals surface area contributed by atoms with Crippen molar-refractivity contribution in [1.29, 1.82) is 0 Å². The minimum atomic E-state index is 0.465. The Morgan fingerprint density at radius 2 is 2.50 bits per heavy atom. The van der Waals surface area contributed by atoms with Crippen molar-refractivity contribution in [2.75, 3.05) is 11.9 Å². The van der Waals surface area contributed by atoms with Crippen LogP contribution in [-0.2, 0) is 0 Å². The van der Waals surface area contributed by atoms with Gasteiger partial charge in [0, 0.05) is 16.4 Å². The Bertz CT molecular complexity index is 426. The van der Waals surface area contributed by atoms with Gasteiger partial charge in [0.2, 0.25) is 5.82 Å². The number of nitrogens with zero attached hydrogens (tertiary/aromatic N) is 2. The first kappa shape index (κ1) is 9.67. The first-order valence-corrected chi connectivity index (χ1v) is 5.79. The van der Waals surface area contributed by atoms with Crippen LogP contribution < -0.4 is 5.32 Å². The van der Waals surface area contributed by atoms with Gasteiger partial charge in [0.05, 0.1) is 4.88 Å². The Morgan fingerprint density at radius 3 is 3.14 bits per heavy atom. The molecule has 0 bridgehead atoms. The van der Waals surface area contributed by atoms with E-state index in [0.29, 0.717) is 11.8 Å². The second kappa shape index (κ2) is 4.10. The third-order valence-electron chi connectivity index (χ3n) is 1.54. The molecule has 0 amide bonds. The maximum Gasteiger partial charge on any atom is 0.321 e. The van der Waals surface area contributed by atoms with E-state index in [0.717, 1.165) is 15.9 Å². The van der Waals surface area contributed by atoms with Gasteiger partial charge in [0.15, 0.2) is 0 Å². The molecule has 0 aliphatic heterocycles. The predicted octanol–water partition coefficient (Wildman–Crippen LogP) is 2.99. The van der Waals surface area contributed by atoms with E-state index in [1.165, 1.54) is 0 Å².